The molecule has 6 nitrogen and oxygen atoms in total. The molecule has 6 heteroatoms. The second kappa shape index (κ2) is 6.79. The number of likely N-dealkylation sites (N-methyl/N-ethyl adjacent to an activating group) is 1. The lowest BCUT2D eigenvalue weighted by atomic mass is 9.67. The zero-order chi connectivity index (χ0) is 17.6. The lowest BCUT2D eigenvalue weighted by molar-refractivity contribution is 0.0392. The zero-order valence-corrected chi connectivity index (χ0v) is 16.1. The Bertz CT molecular complexity index is 623. The molecule has 4 aliphatic rings. The third-order valence-electron chi connectivity index (χ3n) is 7.69. The molecule has 2 heterocycles. The summed E-state index contributed by atoms with van der Waals surface area (Å²) in [5.74, 6) is 3.98. The standard InChI is InChI=1S/C20H33N5O/c1-2-24(6-5-23-7-9-26-10-8-23)19-15-25(22-21-19)20-4-3-17-11-16(13-20)12-18(17)14-20/h15-18H,2-14H2,1H3. The third kappa shape index (κ3) is 2.95. The monoisotopic (exact) mass is 359 g/mol. The van der Waals surface area contributed by atoms with E-state index >= 15 is 0 Å². The fourth-order valence-corrected chi connectivity index (χ4v) is 6.33. The SMILES string of the molecule is CCN(CCN1CCOCC1)c1cn(C23CCC4CC(CC4C2)C3)nn1. The number of anilines is 1. The normalized spacial score (nSPS) is 36.6. The lowest BCUT2D eigenvalue weighted by Crippen LogP contribution is -2.43. The average molecular weight is 360 g/mol. The second-order valence-corrected chi connectivity index (χ2v) is 9.08. The van der Waals surface area contributed by atoms with Crippen molar-refractivity contribution in [3.63, 3.8) is 0 Å². The van der Waals surface area contributed by atoms with Crippen molar-refractivity contribution in [2.24, 2.45) is 17.8 Å². The molecule has 0 radical (unpaired) electrons. The van der Waals surface area contributed by atoms with Crippen LogP contribution in [0.1, 0.15) is 45.4 Å². The predicted octanol–water partition coefficient (Wildman–Crippen LogP) is 2.36. The van der Waals surface area contributed by atoms with Gasteiger partial charge < -0.3 is 9.64 Å². The van der Waals surface area contributed by atoms with Gasteiger partial charge in [-0.25, -0.2) is 4.68 Å². The van der Waals surface area contributed by atoms with Crippen molar-refractivity contribution in [3.8, 4) is 0 Å². The third-order valence-corrected chi connectivity index (χ3v) is 7.69. The largest absolute Gasteiger partial charge is 0.379 e. The van der Waals surface area contributed by atoms with E-state index in [0.717, 1.165) is 69.5 Å². The minimum atomic E-state index is 0.273. The van der Waals surface area contributed by atoms with E-state index in [9.17, 15) is 0 Å². The van der Waals surface area contributed by atoms with Crippen molar-refractivity contribution >= 4 is 5.82 Å². The molecule has 0 aromatic carbocycles. The summed E-state index contributed by atoms with van der Waals surface area (Å²) in [6.07, 6.45) is 10.6. The summed E-state index contributed by atoms with van der Waals surface area (Å²) in [7, 11) is 0. The zero-order valence-electron chi connectivity index (χ0n) is 16.1. The van der Waals surface area contributed by atoms with Crippen molar-refractivity contribution in [1.29, 1.82) is 0 Å². The molecule has 5 rings (SSSR count). The molecule has 1 aromatic rings. The second-order valence-electron chi connectivity index (χ2n) is 9.08. The van der Waals surface area contributed by atoms with E-state index in [1.165, 1.54) is 38.5 Å². The van der Waals surface area contributed by atoms with Crippen molar-refractivity contribution < 1.29 is 4.74 Å². The first-order valence-corrected chi connectivity index (χ1v) is 10.7. The van der Waals surface area contributed by atoms with E-state index in [0.29, 0.717) is 0 Å². The van der Waals surface area contributed by atoms with E-state index in [1.807, 2.05) is 0 Å². The summed E-state index contributed by atoms with van der Waals surface area (Å²) in [5.41, 5.74) is 0.273. The van der Waals surface area contributed by atoms with E-state index in [1.54, 1.807) is 0 Å². The molecule has 26 heavy (non-hydrogen) atoms. The van der Waals surface area contributed by atoms with Crippen molar-refractivity contribution in [2.75, 3.05) is 50.8 Å². The number of hydrogen-bond acceptors (Lipinski definition) is 5. The first-order chi connectivity index (χ1) is 12.8. The van der Waals surface area contributed by atoms with E-state index < -0.39 is 0 Å². The molecule has 3 aliphatic carbocycles. The van der Waals surface area contributed by atoms with Gasteiger partial charge in [0.1, 0.15) is 0 Å². The van der Waals surface area contributed by atoms with Gasteiger partial charge in [-0.3, -0.25) is 4.90 Å². The van der Waals surface area contributed by atoms with Gasteiger partial charge in [0.25, 0.3) is 0 Å². The summed E-state index contributed by atoms with van der Waals surface area (Å²) in [4.78, 5) is 4.88. The smallest absolute Gasteiger partial charge is 0.171 e. The average Bonchev–Trinajstić information content (AvgIpc) is 3.23. The van der Waals surface area contributed by atoms with Gasteiger partial charge in [0.2, 0.25) is 0 Å². The number of fused-ring (bicyclic) bond motifs is 2. The Kier molecular flexibility index (Phi) is 4.44. The van der Waals surface area contributed by atoms with Crippen molar-refractivity contribution in [2.45, 2.75) is 51.0 Å². The minimum absolute atomic E-state index is 0.273. The summed E-state index contributed by atoms with van der Waals surface area (Å²) < 4.78 is 7.73. The maximum Gasteiger partial charge on any atom is 0.171 e. The van der Waals surface area contributed by atoms with Crippen LogP contribution >= 0.6 is 0 Å². The van der Waals surface area contributed by atoms with E-state index in [-0.39, 0.29) is 5.54 Å². The van der Waals surface area contributed by atoms with Crippen LogP contribution in [0, 0.1) is 17.8 Å². The van der Waals surface area contributed by atoms with E-state index in [2.05, 4.69) is 37.9 Å². The van der Waals surface area contributed by atoms with Gasteiger partial charge in [0, 0.05) is 32.7 Å². The van der Waals surface area contributed by atoms with E-state index in [4.69, 9.17) is 4.74 Å². The molecule has 3 bridgehead atoms. The first kappa shape index (κ1) is 17.0. The van der Waals surface area contributed by atoms with Crippen molar-refractivity contribution in [1.82, 2.24) is 19.9 Å². The minimum Gasteiger partial charge on any atom is -0.379 e. The molecule has 3 saturated carbocycles. The molecule has 0 spiro atoms. The van der Waals surface area contributed by atoms with Crippen LogP contribution in [0.2, 0.25) is 0 Å². The fraction of sp³-hybridized carbons (Fsp3) is 0.900. The first-order valence-electron chi connectivity index (χ1n) is 10.7. The maximum atomic E-state index is 5.46. The molecule has 4 unspecified atom stereocenters. The van der Waals surface area contributed by atoms with Gasteiger partial charge in [0.05, 0.1) is 24.9 Å². The highest BCUT2D eigenvalue weighted by Gasteiger charge is 2.53. The van der Waals surface area contributed by atoms with Crippen LogP contribution in [-0.4, -0.2) is 65.8 Å². The predicted molar refractivity (Wildman–Crippen MR) is 101 cm³/mol. The number of aromatic nitrogens is 3. The Hall–Kier alpha value is -1.14. The molecular weight excluding hydrogens is 326 g/mol. The highest BCUT2D eigenvalue weighted by molar-refractivity contribution is 5.34. The number of nitrogens with zero attached hydrogens (tertiary/aromatic N) is 5. The van der Waals surface area contributed by atoms with Crippen LogP contribution in [0.3, 0.4) is 0 Å². The van der Waals surface area contributed by atoms with Crippen LogP contribution in [0.4, 0.5) is 5.82 Å². The highest BCUT2D eigenvalue weighted by atomic mass is 16.5. The summed E-state index contributed by atoms with van der Waals surface area (Å²) >= 11 is 0. The molecule has 4 atom stereocenters. The van der Waals surface area contributed by atoms with Crippen LogP contribution in [-0.2, 0) is 10.3 Å². The summed E-state index contributed by atoms with van der Waals surface area (Å²) in [5, 5.41) is 9.26. The van der Waals surface area contributed by atoms with Crippen LogP contribution in [0.15, 0.2) is 6.20 Å². The Morgan fingerprint density at radius 1 is 1.23 bits per heavy atom. The molecule has 144 valence electrons. The summed E-state index contributed by atoms with van der Waals surface area (Å²) in [6.45, 7) is 9.17. The molecule has 1 aliphatic heterocycles. The van der Waals surface area contributed by atoms with Crippen molar-refractivity contribution in [3.05, 3.63) is 6.20 Å². The van der Waals surface area contributed by atoms with Gasteiger partial charge >= 0.3 is 0 Å². The molecule has 0 N–H and O–H groups in total. The van der Waals surface area contributed by atoms with Crippen LogP contribution < -0.4 is 4.90 Å². The summed E-state index contributed by atoms with van der Waals surface area (Å²) in [6, 6.07) is 0. The Morgan fingerprint density at radius 3 is 2.92 bits per heavy atom. The number of morpholine rings is 1. The molecule has 4 fully saturated rings. The maximum absolute atomic E-state index is 5.46. The molecule has 1 saturated heterocycles. The Balaban J connectivity index is 1.28. The topological polar surface area (TPSA) is 46.4 Å². The Morgan fingerprint density at radius 2 is 2.08 bits per heavy atom. The van der Waals surface area contributed by atoms with Crippen LogP contribution in [0.25, 0.3) is 0 Å². The number of rotatable bonds is 6. The van der Waals surface area contributed by atoms with Gasteiger partial charge in [-0.2, -0.15) is 0 Å². The molecule has 0 amide bonds. The molecular formula is C20H33N5O. The van der Waals surface area contributed by atoms with Gasteiger partial charge in [0.15, 0.2) is 5.82 Å². The molecule has 1 aromatic heterocycles. The van der Waals surface area contributed by atoms with Gasteiger partial charge in [-0.1, -0.05) is 5.21 Å². The Labute approximate surface area is 156 Å². The fourth-order valence-electron chi connectivity index (χ4n) is 6.33. The number of ether oxygens (including phenoxy) is 1. The highest BCUT2D eigenvalue weighted by Crippen LogP contribution is 2.59. The lowest BCUT2D eigenvalue weighted by Gasteiger charge is -2.44. The van der Waals surface area contributed by atoms with Gasteiger partial charge in [-0.05, 0) is 63.2 Å². The quantitative estimate of drug-likeness (QED) is 0.780. The number of hydrogen-bond donors (Lipinski definition) is 0. The van der Waals surface area contributed by atoms with Crippen LogP contribution in [0.5, 0.6) is 0 Å². The van der Waals surface area contributed by atoms with Gasteiger partial charge in [-0.15, -0.1) is 5.10 Å².